The van der Waals surface area contributed by atoms with E-state index in [4.69, 9.17) is 0 Å². The lowest BCUT2D eigenvalue weighted by Crippen LogP contribution is -2.37. The van der Waals surface area contributed by atoms with Gasteiger partial charge < -0.3 is 15.5 Å². The van der Waals surface area contributed by atoms with E-state index in [9.17, 15) is 4.79 Å². The fourth-order valence-corrected chi connectivity index (χ4v) is 1.87. The fraction of sp³-hybridized carbons (Fsp3) is 0.429. The second-order valence-electron chi connectivity index (χ2n) is 4.98. The van der Waals surface area contributed by atoms with E-state index in [1.54, 1.807) is 19.0 Å². The van der Waals surface area contributed by atoms with Crippen molar-refractivity contribution in [1.82, 2.24) is 15.5 Å². The Bertz CT molecular complexity index is 484. The summed E-state index contributed by atoms with van der Waals surface area (Å²) in [6, 6.07) is 8.03. The minimum atomic E-state index is 0. The highest BCUT2D eigenvalue weighted by atomic mass is 127. The van der Waals surface area contributed by atoms with E-state index in [1.807, 2.05) is 24.3 Å². The largest absolute Gasteiger partial charge is 0.352 e. The van der Waals surface area contributed by atoms with E-state index in [0.29, 0.717) is 18.2 Å². The third kappa shape index (κ3) is 4.36. The van der Waals surface area contributed by atoms with Gasteiger partial charge in [-0.2, -0.15) is 0 Å². The van der Waals surface area contributed by atoms with Crippen LogP contribution in [0.25, 0.3) is 0 Å². The first kappa shape index (κ1) is 16.7. The molecule has 5 nitrogen and oxygen atoms in total. The minimum Gasteiger partial charge on any atom is -0.352 e. The van der Waals surface area contributed by atoms with Crippen LogP contribution >= 0.6 is 24.0 Å². The standard InChI is InChI=1S/C14H20N4O.HI/c1-10-8-15-14(17-10)16-9-11-4-6-12(7-5-11)13(19)18(2)3;/h4-7,10H,8-9H2,1-3H3,(H2,15,16,17);1H. The summed E-state index contributed by atoms with van der Waals surface area (Å²) >= 11 is 0. The maximum atomic E-state index is 11.7. The number of hydrogen-bond acceptors (Lipinski definition) is 4. The van der Waals surface area contributed by atoms with Gasteiger partial charge >= 0.3 is 0 Å². The molecule has 0 radical (unpaired) electrons. The number of rotatable bonds is 3. The molecule has 0 saturated carbocycles. The summed E-state index contributed by atoms with van der Waals surface area (Å²) in [5.41, 5.74) is 1.83. The Hall–Kier alpha value is -1.31. The highest BCUT2D eigenvalue weighted by molar-refractivity contribution is 14.0. The zero-order valence-electron chi connectivity index (χ0n) is 12.0. The lowest BCUT2D eigenvalue weighted by Gasteiger charge is -2.11. The van der Waals surface area contributed by atoms with Gasteiger partial charge in [0, 0.05) is 32.2 Å². The van der Waals surface area contributed by atoms with Crippen LogP contribution in [-0.4, -0.2) is 43.4 Å². The highest BCUT2D eigenvalue weighted by Crippen LogP contribution is 2.06. The number of benzene rings is 1. The lowest BCUT2D eigenvalue weighted by molar-refractivity contribution is 0.0827. The quantitative estimate of drug-likeness (QED) is 0.771. The molecule has 0 aromatic heterocycles. The number of halogens is 1. The van der Waals surface area contributed by atoms with E-state index in [-0.39, 0.29) is 29.9 Å². The monoisotopic (exact) mass is 388 g/mol. The van der Waals surface area contributed by atoms with Crippen LogP contribution < -0.4 is 10.6 Å². The Labute approximate surface area is 136 Å². The van der Waals surface area contributed by atoms with Crippen LogP contribution in [-0.2, 0) is 6.54 Å². The average molecular weight is 388 g/mol. The van der Waals surface area contributed by atoms with E-state index >= 15 is 0 Å². The summed E-state index contributed by atoms with van der Waals surface area (Å²) in [4.78, 5) is 17.6. The molecule has 1 amide bonds. The number of aliphatic imine (C=N–C) groups is 1. The summed E-state index contributed by atoms with van der Waals surface area (Å²) in [5.74, 6) is 0.871. The maximum Gasteiger partial charge on any atom is 0.253 e. The molecule has 2 N–H and O–H groups in total. The molecule has 20 heavy (non-hydrogen) atoms. The Morgan fingerprint density at radius 2 is 2.05 bits per heavy atom. The molecule has 1 aliphatic heterocycles. The number of carbonyl (C=O) groups excluding carboxylic acids is 1. The molecule has 0 bridgehead atoms. The van der Waals surface area contributed by atoms with Crippen molar-refractivity contribution >= 4 is 35.8 Å². The molecule has 1 aromatic rings. The van der Waals surface area contributed by atoms with Crippen LogP contribution in [0.4, 0.5) is 0 Å². The van der Waals surface area contributed by atoms with Crippen molar-refractivity contribution in [3.8, 4) is 0 Å². The van der Waals surface area contributed by atoms with Gasteiger partial charge in [0.15, 0.2) is 5.96 Å². The molecule has 0 aliphatic carbocycles. The topological polar surface area (TPSA) is 56.7 Å². The lowest BCUT2D eigenvalue weighted by atomic mass is 10.1. The minimum absolute atomic E-state index is 0. The van der Waals surface area contributed by atoms with Crippen molar-refractivity contribution in [3.05, 3.63) is 35.4 Å². The number of guanidine groups is 1. The number of amides is 1. The van der Waals surface area contributed by atoms with E-state index in [0.717, 1.165) is 18.1 Å². The van der Waals surface area contributed by atoms with Gasteiger partial charge in [0.2, 0.25) is 0 Å². The highest BCUT2D eigenvalue weighted by Gasteiger charge is 2.11. The van der Waals surface area contributed by atoms with E-state index in [1.165, 1.54) is 0 Å². The fourth-order valence-electron chi connectivity index (χ4n) is 1.87. The van der Waals surface area contributed by atoms with Gasteiger partial charge in [-0.15, -0.1) is 24.0 Å². The van der Waals surface area contributed by atoms with Crippen LogP contribution in [0.1, 0.15) is 22.8 Å². The summed E-state index contributed by atoms with van der Waals surface area (Å²) in [6.45, 7) is 3.62. The second-order valence-corrected chi connectivity index (χ2v) is 4.98. The number of nitrogens with one attached hydrogen (secondary N) is 2. The van der Waals surface area contributed by atoms with Crippen LogP contribution in [0, 0.1) is 0 Å². The first-order valence-corrected chi connectivity index (χ1v) is 6.41. The third-order valence-corrected chi connectivity index (χ3v) is 2.97. The van der Waals surface area contributed by atoms with Crippen molar-refractivity contribution in [1.29, 1.82) is 0 Å². The molecule has 2 rings (SSSR count). The van der Waals surface area contributed by atoms with Crippen LogP contribution in [0.5, 0.6) is 0 Å². The zero-order chi connectivity index (χ0) is 13.8. The summed E-state index contributed by atoms with van der Waals surface area (Å²) in [5, 5.41) is 6.49. The molecule has 1 aromatic carbocycles. The molecule has 1 atom stereocenters. The van der Waals surface area contributed by atoms with Gasteiger partial charge in [0.05, 0.1) is 6.54 Å². The normalized spacial score (nSPS) is 16.8. The summed E-state index contributed by atoms with van der Waals surface area (Å²) < 4.78 is 0. The number of hydrogen-bond donors (Lipinski definition) is 2. The average Bonchev–Trinajstić information content (AvgIpc) is 2.82. The molecule has 110 valence electrons. The van der Waals surface area contributed by atoms with Crippen molar-refractivity contribution in [3.63, 3.8) is 0 Å². The number of nitrogens with zero attached hydrogens (tertiary/aromatic N) is 2. The van der Waals surface area contributed by atoms with Crippen LogP contribution in [0.15, 0.2) is 29.3 Å². The van der Waals surface area contributed by atoms with E-state index < -0.39 is 0 Å². The molecule has 0 saturated heterocycles. The predicted octanol–water partition coefficient (Wildman–Crippen LogP) is 1.44. The second kappa shape index (κ2) is 7.47. The molecule has 0 spiro atoms. The molecule has 1 unspecified atom stereocenters. The first-order chi connectivity index (χ1) is 9.06. The van der Waals surface area contributed by atoms with Crippen molar-refractivity contribution in [2.24, 2.45) is 4.99 Å². The zero-order valence-corrected chi connectivity index (χ0v) is 14.3. The van der Waals surface area contributed by atoms with Crippen molar-refractivity contribution in [2.45, 2.75) is 19.5 Å². The van der Waals surface area contributed by atoms with Crippen molar-refractivity contribution < 1.29 is 4.79 Å². The maximum absolute atomic E-state index is 11.7. The summed E-state index contributed by atoms with van der Waals surface area (Å²) in [6.07, 6.45) is 0. The predicted molar refractivity (Wildman–Crippen MR) is 91.6 cm³/mol. The van der Waals surface area contributed by atoms with Gasteiger partial charge in [-0.1, -0.05) is 12.1 Å². The summed E-state index contributed by atoms with van der Waals surface area (Å²) in [7, 11) is 3.51. The molecule has 0 fully saturated rings. The van der Waals surface area contributed by atoms with Crippen molar-refractivity contribution in [2.75, 3.05) is 20.6 Å². The Kier molecular flexibility index (Phi) is 6.25. The van der Waals surface area contributed by atoms with Gasteiger partial charge in [-0.05, 0) is 24.6 Å². The van der Waals surface area contributed by atoms with Crippen LogP contribution in [0.3, 0.4) is 0 Å². The third-order valence-electron chi connectivity index (χ3n) is 2.97. The molecular weight excluding hydrogens is 367 g/mol. The Morgan fingerprint density at radius 1 is 1.40 bits per heavy atom. The van der Waals surface area contributed by atoms with Gasteiger partial charge in [0.1, 0.15) is 0 Å². The smallest absolute Gasteiger partial charge is 0.253 e. The van der Waals surface area contributed by atoms with Gasteiger partial charge in [0.25, 0.3) is 5.91 Å². The molecule has 1 heterocycles. The van der Waals surface area contributed by atoms with E-state index in [2.05, 4.69) is 22.5 Å². The Morgan fingerprint density at radius 3 is 2.55 bits per heavy atom. The van der Waals surface area contributed by atoms with Crippen LogP contribution in [0.2, 0.25) is 0 Å². The van der Waals surface area contributed by atoms with Gasteiger partial charge in [-0.25, -0.2) is 0 Å². The molecule has 6 heteroatoms. The first-order valence-electron chi connectivity index (χ1n) is 6.41. The number of carbonyl (C=O) groups is 1. The SMILES string of the molecule is CC1CN=C(NCc2ccc(C(=O)N(C)C)cc2)N1.I. The Balaban J connectivity index is 0.00000200. The molecule has 1 aliphatic rings. The van der Waals surface area contributed by atoms with Gasteiger partial charge in [-0.3, -0.25) is 9.79 Å². The molecular formula is C14H21IN4O.